The van der Waals surface area contributed by atoms with Crippen molar-refractivity contribution in [2.75, 3.05) is 0 Å². The van der Waals surface area contributed by atoms with E-state index in [2.05, 4.69) is 5.16 Å². The molecule has 132 valence electrons. The Labute approximate surface area is 148 Å². The van der Waals surface area contributed by atoms with Crippen LogP contribution in [0.5, 0.6) is 0 Å². The van der Waals surface area contributed by atoms with Crippen LogP contribution in [0.25, 0.3) is 0 Å². The normalized spacial score (nSPS) is 22.2. The first-order valence-electron chi connectivity index (χ1n) is 7.65. The van der Waals surface area contributed by atoms with Crippen molar-refractivity contribution >= 4 is 27.6 Å². The third kappa shape index (κ3) is 2.57. The molecule has 0 saturated carbocycles. The second-order valence-corrected chi connectivity index (χ2v) is 7.19. The van der Waals surface area contributed by atoms with E-state index >= 15 is 0 Å². The summed E-state index contributed by atoms with van der Waals surface area (Å²) >= 11 is 0. The number of oxime groups is 1. The smallest absolute Gasteiger partial charge is 0.318 e. The van der Waals surface area contributed by atoms with E-state index in [4.69, 9.17) is 9.12 Å². The number of imide groups is 1. The van der Waals surface area contributed by atoms with Crippen LogP contribution in [0.3, 0.4) is 0 Å². The number of hydroxylamine groups is 2. The molecule has 2 aliphatic heterocycles. The topological polar surface area (TPSA) is 102 Å². The molecule has 0 aromatic heterocycles. The van der Waals surface area contributed by atoms with E-state index in [-0.39, 0.29) is 15.7 Å². The van der Waals surface area contributed by atoms with Gasteiger partial charge in [0.15, 0.2) is 0 Å². The summed E-state index contributed by atoms with van der Waals surface area (Å²) in [5.41, 5.74) is 0.867. The van der Waals surface area contributed by atoms with E-state index in [0.29, 0.717) is 5.56 Å². The first-order valence-corrected chi connectivity index (χ1v) is 9.06. The number of hydrogen-bond donors (Lipinski definition) is 0. The quantitative estimate of drug-likeness (QED) is 0.745. The summed E-state index contributed by atoms with van der Waals surface area (Å²) in [5, 5.41) is 4.07. The highest BCUT2D eigenvalue weighted by Gasteiger charge is 2.57. The number of carbonyl (C=O) groups is 2. The molecule has 0 spiro atoms. The number of rotatable bonds is 4. The van der Waals surface area contributed by atoms with Gasteiger partial charge in [-0.1, -0.05) is 53.7 Å². The highest BCUT2D eigenvalue weighted by atomic mass is 32.2. The molecule has 9 heteroatoms. The highest BCUT2D eigenvalue weighted by Crippen LogP contribution is 2.33. The summed E-state index contributed by atoms with van der Waals surface area (Å²) in [6, 6.07) is 16.0. The molecule has 2 atom stereocenters. The minimum absolute atomic E-state index is 0.171. The first kappa shape index (κ1) is 16.4. The lowest BCUT2D eigenvalue weighted by molar-refractivity contribution is -0.167. The van der Waals surface area contributed by atoms with Crippen LogP contribution in [0.4, 0.5) is 0 Å². The van der Waals surface area contributed by atoms with Crippen LogP contribution in [0.2, 0.25) is 0 Å². The molecule has 0 unspecified atom stereocenters. The zero-order valence-electron chi connectivity index (χ0n) is 13.2. The number of nitrogens with zero attached hydrogens (tertiary/aromatic N) is 2. The van der Waals surface area contributed by atoms with Gasteiger partial charge in [-0.15, -0.1) is 9.35 Å². The fraction of sp³-hybridized carbons (Fsp3) is 0.118. The number of hydrogen-bond acceptors (Lipinski definition) is 7. The van der Waals surface area contributed by atoms with Gasteiger partial charge in [-0.3, -0.25) is 9.59 Å². The Balaban J connectivity index is 1.62. The van der Waals surface area contributed by atoms with Crippen LogP contribution in [0.15, 0.2) is 70.7 Å². The number of carbonyl (C=O) groups excluding carboxylic acids is 2. The molecule has 4 rings (SSSR count). The van der Waals surface area contributed by atoms with Crippen molar-refractivity contribution in [3.05, 3.63) is 66.2 Å². The van der Waals surface area contributed by atoms with Gasteiger partial charge in [0.1, 0.15) is 11.6 Å². The number of amides is 2. The standard InChI is InChI=1S/C17H12N2O6S/c20-16-13-14(11-7-3-1-4-8-11)18-24-15(13)17(21)19(16)25-26(22,23)12-9-5-2-6-10-12/h1-10,13,15H/t13-,15+/m0/s1. The summed E-state index contributed by atoms with van der Waals surface area (Å²) in [6.45, 7) is 0. The molecule has 0 N–H and O–H groups in total. The minimum atomic E-state index is -4.33. The van der Waals surface area contributed by atoms with Gasteiger partial charge < -0.3 is 4.84 Å². The van der Waals surface area contributed by atoms with Crippen LogP contribution in [0, 0.1) is 5.92 Å². The lowest BCUT2D eigenvalue weighted by Gasteiger charge is -2.14. The molecular formula is C17H12N2O6S. The van der Waals surface area contributed by atoms with Crippen LogP contribution < -0.4 is 0 Å². The van der Waals surface area contributed by atoms with Crippen LogP contribution in [-0.2, 0) is 28.8 Å². The Morgan fingerprint density at radius 2 is 1.54 bits per heavy atom. The van der Waals surface area contributed by atoms with Crippen molar-refractivity contribution in [1.29, 1.82) is 0 Å². The van der Waals surface area contributed by atoms with Gasteiger partial charge in [0.25, 0.3) is 11.8 Å². The summed E-state index contributed by atoms with van der Waals surface area (Å²) in [7, 11) is -4.33. The van der Waals surface area contributed by atoms with Crippen molar-refractivity contribution in [2.45, 2.75) is 11.0 Å². The predicted octanol–water partition coefficient (Wildman–Crippen LogP) is 1.10. The molecule has 0 radical (unpaired) electrons. The Kier molecular flexibility index (Phi) is 3.82. The molecule has 1 fully saturated rings. The van der Waals surface area contributed by atoms with Crippen LogP contribution in [-0.4, -0.2) is 37.1 Å². The average Bonchev–Trinajstić information content (AvgIpc) is 3.19. The molecule has 26 heavy (non-hydrogen) atoms. The molecule has 0 bridgehead atoms. The van der Waals surface area contributed by atoms with Gasteiger partial charge in [0, 0.05) is 5.56 Å². The third-order valence-corrected chi connectivity index (χ3v) is 5.24. The van der Waals surface area contributed by atoms with E-state index in [1.165, 1.54) is 24.3 Å². The van der Waals surface area contributed by atoms with Crippen molar-refractivity contribution in [2.24, 2.45) is 11.1 Å². The summed E-state index contributed by atoms with van der Waals surface area (Å²) in [4.78, 5) is 30.0. The van der Waals surface area contributed by atoms with Crippen LogP contribution in [0.1, 0.15) is 5.56 Å². The van der Waals surface area contributed by atoms with Crippen LogP contribution >= 0.6 is 0 Å². The molecule has 2 aromatic carbocycles. The molecule has 2 heterocycles. The lowest BCUT2D eigenvalue weighted by Crippen LogP contribution is -2.35. The summed E-state index contributed by atoms with van der Waals surface area (Å²) in [5.74, 6) is -2.79. The Morgan fingerprint density at radius 1 is 0.923 bits per heavy atom. The van der Waals surface area contributed by atoms with Gasteiger partial charge in [-0.2, -0.15) is 8.42 Å². The maximum absolute atomic E-state index is 12.6. The van der Waals surface area contributed by atoms with E-state index in [9.17, 15) is 18.0 Å². The van der Waals surface area contributed by atoms with Gasteiger partial charge in [0.2, 0.25) is 6.10 Å². The molecule has 2 aliphatic rings. The first-order chi connectivity index (χ1) is 12.5. The number of fused-ring (bicyclic) bond motifs is 1. The van der Waals surface area contributed by atoms with Crippen molar-refractivity contribution in [3.63, 3.8) is 0 Å². The van der Waals surface area contributed by atoms with Crippen molar-refractivity contribution < 1.29 is 27.1 Å². The largest absolute Gasteiger partial charge is 0.381 e. The van der Waals surface area contributed by atoms with Gasteiger partial charge >= 0.3 is 10.1 Å². The molecule has 0 aliphatic carbocycles. The van der Waals surface area contributed by atoms with Crippen molar-refractivity contribution in [1.82, 2.24) is 5.06 Å². The fourth-order valence-corrected chi connectivity index (χ4v) is 3.72. The molecular weight excluding hydrogens is 360 g/mol. The monoisotopic (exact) mass is 372 g/mol. The van der Waals surface area contributed by atoms with E-state index in [1.807, 2.05) is 0 Å². The summed E-state index contributed by atoms with van der Waals surface area (Å²) in [6.07, 6.45) is -1.23. The SMILES string of the molecule is O=C1[C@H]2C(c3ccccc3)=NO[C@H]2C(=O)N1OS(=O)(=O)c1ccccc1. The second-order valence-electron chi connectivity index (χ2n) is 5.66. The Morgan fingerprint density at radius 3 is 2.19 bits per heavy atom. The maximum Gasteiger partial charge on any atom is 0.318 e. The molecule has 8 nitrogen and oxygen atoms in total. The predicted molar refractivity (Wildman–Crippen MR) is 87.9 cm³/mol. The molecule has 2 amide bonds. The van der Waals surface area contributed by atoms with Crippen molar-refractivity contribution in [3.8, 4) is 0 Å². The van der Waals surface area contributed by atoms with E-state index in [0.717, 1.165) is 0 Å². The van der Waals surface area contributed by atoms with Gasteiger partial charge in [-0.05, 0) is 12.1 Å². The number of benzene rings is 2. The fourth-order valence-electron chi connectivity index (χ4n) is 2.80. The molecule has 2 aromatic rings. The van der Waals surface area contributed by atoms with Gasteiger partial charge in [-0.25, -0.2) is 0 Å². The lowest BCUT2D eigenvalue weighted by atomic mass is 9.94. The van der Waals surface area contributed by atoms with Gasteiger partial charge in [0.05, 0.1) is 4.90 Å². The highest BCUT2D eigenvalue weighted by molar-refractivity contribution is 7.86. The average molecular weight is 372 g/mol. The maximum atomic E-state index is 12.6. The Hall–Kier alpha value is -3.04. The zero-order valence-corrected chi connectivity index (χ0v) is 14.0. The van der Waals surface area contributed by atoms with E-state index < -0.39 is 34.0 Å². The zero-order chi connectivity index (χ0) is 18.3. The molecule has 1 saturated heterocycles. The summed E-state index contributed by atoms with van der Waals surface area (Å²) < 4.78 is 29.4. The second kappa shape index (κ2) is 6.04. The third-order valence-electron chi connectivity index (χ3n) is 4.05. The Bertz CT molecular complexity index is 1000. The minimum Gasteiger partial charge on any atom is -0.381 e. The van der Waals surface area contributed by atoms with E-state index in [1.54, 1.807) is 36.4 Å².